The highest BCUT2D eigenvalue weighted by molar-refractivity contribution is 5.69. The number of carbonyl (C=O) groups is 2. The molecular formula is C27H48O6. The number of esters is 2. The minimum absolute atomic E-state index is 0.117. The van der Waals surface area contributed by atoms with Crippen molar-refractivity contribution < 1.29 is 28.5 Å². The molecule has 0 aromatic rings. The monoisotopic (exact) mass is 468 g/mol. The molecule has 0 saturated carbocycles. The van der Waals surface area contributed by atoms with E-state index in [1.54, 1.807) is 0 Å². The average Bonchev–Trinajstić information content (AvgIpc) is 3.09. The number of hydrogen-bond acceptors (Lipinski definition) is 6. The molecule has 2 heterocycles. The molecule has 0 N–H and O–H groups in total. The zero-order valence-corrected chi connectivity index (χ0v) is 21.4. The molecule has 33 heavy (non-hydrogen) atoms. The van der Waals surface area contributed by atoms with Crippen LogP contribution in [0.15, 0.2) is 0 Å². The summed E-state index contributed by atoms with van der Waals surface area (Å²) in [6.45, 7) is 3.72. The maximum absolute atomic E-state index is 11.7. The van der Waals surface area contributed by atoms with Crippen LogP contribution in [0.4, 0.5) is 0 Å². The quantitative estimate of drug-likeness (QED) is 0.166. The van der Waals surface area contributed by atoms with E-state index >= 15 is 0 Å². The molecule has 0 radical (unpaired) electrons. The van der Waals surface area contributed by atoms with Gasteiger partial charge in [-0.25, -0.2) is 0 Å². The average molecular weight is 469 g/mol. The summed E-state index contributed by atoms with van der Waals surface area (Å²) in [5.74, 6) is -1.12. The standard InChI is InChI=1S/C27H48O6/c1-4-5-6-7-11-14-17-23-24-19-20-25(31-22(2)28)27(32-23,33-24)21-16-13-10-8-9-12-15-18-26(29)30-3/h23-25H,4-21H2,1-3H3/t23-,24-,25+,27+/m1/s1. The van der Waals surface area contributed by atoms with E-state index in [-0.39, 0.29) is 30.3 Å². The van der Waals surface area contributed by atoms with Crippen LogP contribution in [-0.4, -0.2) is 43.1 Å². The number of hydrogen-bond donors (Lipinski definition) is 0. The molecule has 2 fully saturated rings. The highest BCUT2D eigenvalue weighted by Crippen LogP contribution is 2.46. The van der Waals surface area contributed by atoms with E-state index in [0.717, 1.165) is 64.2 Å². The van der Waals surface area contributed by atoms with E-state index in [0.29, 0.717) is 6.42 Å². The number of unbranched alkanes of at least 4 members (excludes halogenated alkanes) is 11. The fourth-order valence-corrected chi connectivity index (χ4v) is 5.25. The van der Waals surface area contributed by atoms with Gasteiger partial charge in [-0.1, -0.05) is 77.6 Å². The molecule has 2 rings (SSSR count). The Bertz CT molecular complexity index is 565. The van der Waals surface area contributed by atoms with E-state index in [1.807, 2.05) is 0 Å². The summed E-state index contributed by atoms with van der Waals surface area (Å²) in [6.07, 6.45) is 19.3. The van der Waals surface area contributed by atoms with Crippen LogP contribution in [0.3, 0.4) is 0 Å². The highest BCUT2D eigenvalue weighted by Gasteiger charge is 2.56. The lowest BCUT2D eigenvalue weighted by Gasteiger charge is -2.38. The zero-order valence-electron chi connectivity index (χ0n) is 21.4. The second-order valence-electron chi connectivity index (χ2n) is 9.91. The smallest absolute Gasteiger partial charge is 0.305 e. The van der Waals surface area contributed by atoms with Gasteiger partial charge in [0.05, 0.1) is 19.3 Å². The second-order valence-corrected chi connectivity index (χ2v) is 9.91. The normalized spacial score (nSPS) is 26.3. The lowest BCUT2D eigenvalue weighted by atomic mass is 9.93. The van der Waals surface area contributed by atoms with E-state index in [4.69, 9.17) is 14.2 Å². The Balaban J connectivity index is 1.72. The van der Waals surface area contributed by atoms with Gasteiger partial charge < -0.3 is 18.9 Å². The van der Waals surface area contributed by atoms with E-state index in [9.17, 15) is 9.59 Å². The van der Waals surface area contributed by atoms with Gasteiger partial charge in [0.15, 0.2) is 6.10 Å². The second kappa shape index (κ2) is 15.7. The van der Waals surface area contributed by atoms with Crippen LogP contribution in [0.1, 0.15) is 129 Å². The number of fused-ring (bicyclic) bond motifs is 2. The first-order valence-corrected chi connectivity index (χ1v) is 13.6. The molecule has 0 unspecified atom stereocenters. The van der Waals surface area contributed by atoms with Gasteiger partial charge in [-0.05, 0) is 32.1 Å². The first kappa shape index (κ1) is 28.1. The molecule has 0 aromatic carbocycles. The van der Waals surface area contributed by atoms with Crippen molar-refractivity contribution in [2.45, 2.75) is 154 Å². The molecule has 6 nitrogen and oxygen atoms in total. The predicted octanol–water partition coefficient (Wildman–Crippen LogP) is 6.63. The summed E-state index contributed by atoms with van der Waals surface area (Å²) < 4.78 is 23.4. The van der Waals surface area contributed by atoms with Gasteiger partial charge in [0, 0.05) is 19.8 Å². The number of methoxy groups -OCH3 is 1. The van der Waals surface area contributed by atoms with Crippen molar-refractivity contribution in [2.75, 3.05) is 7.11 Å². The minimum atomic E-state index is -0.748. The summed E-state index contributed by atoms with van der Waals surface area (Å²) in [7, 11) is 1.44. The molecule has 0 amide bonds. The van der Waals surface area contributed by atoms with Crippen LogP contribution in [0, 0.1) is 0 Å². The largest absolute Gasteiger partial charge is 0.469 e. The molecule has 4 atom stereocenters. The Hall–Kier alpha value is -1.14. The molecule has 2 aliphatic rings. The summed E-state index contributed by atoms with van der Waals surface area (Å²) in [6, 6.07) is 0. The Labute approximate surface area is 201 Å². The van der Waals surface area contributed by atoms with Crippen molar-refractivity contribution in [2.24, 2.45) is 0 Å². The van der Waals surface area contributed by atoms with Crippen LogP contribution in [0.25, 0.3) is 0 Å². The zero-order chi connectivity index (χ0) is 23.9. The number of carbonyl (C=O) groups excluding carboxylic acids is 2. The Morgan fingerprint density at radius 3 is 2.15 bits per heavy atom. The molecular weight excluding hydrogens is 420 g/mol. The van der Waals surface area contributed by atoms with Crippen molar-refractivity contribution in [1.82, 2.24) is 0 Å². The Morgan fingerprint density at radius 2 is 1.48 bits per heavy atom. The number of ether oxygens (including phenoxy) is 4. The van der Waals surface area contributed by atoms with E-state index in [2.05, 4.69) is 11.7 Å². The van der Waals surface area contributed by atoms with E-state index < -0.39 is 5.79 Å². The SMILES string of the molecule is CCCCCCCC[C@H]1O[C@@]2(CCCCCCCCCC(=O)OC)O[C@@H]1CC[C@@H]2OC(C)=O. The molecule has 192 valence electrons. The lowest BCUT2D eigenvalue weighted by Crippen LogP contribution is -2.49. The fraction of sp³-hybridized carbons (Fsp3) is 0.926. The van der Waals surface area contributed by atoms with Crippen molar-refractivity contribution >= 4 is 11.9 Å². The molecule has 6 heteroatoms. The van der Waals surface area contributed by atoms with Gasteiger partial charge in [-0.15, -0.1) is 0 Å². The van der Waals surface area contributed by atoms with Crippen LogP contribution in [0.2, 0.25) is 0 Å². The van der Waals surface area contributed by atoms with E-state index in [1.165, 1.54) is 59.0 Å². The maximum Gasteiger partial charge on any atom is 0.305 e. The van der Waals surface area contributed by atoms with Crippen molar-refractivity contribution in [3.8, 4) is 0 Å². The number of rotatable bonds is 18. The molecule has 0 aromatic heterocycles. The molecule has 0 spiro atoms. The van der Waals surface area contributed by atoms with Crippen molar-refractivity contribution in [1.29, 1.82) is 0 Å². The summed E-state index contributed by atoms with van der Waals surface area (Å²) in [5, 5.41) is 0. The molecule has 0 aliphatic carbocycles. The Morgan fingerprint density at radius 1 is 0.848 bits per heavy atom. The minimum Gasteiger partial charge on any atom is -0.469 e. The van der Waals surface area contributed by atoms with Crippen LogP contribution in [0.5, 0.6) is 0 Å². The maximum atomic E-state index is 11.7. The van der Waals surface area contributed by atoms with Gasteiger partial charge in [-0.3, -0.25) is 9.59 Å². The van der Waals surface area contributed by atoms with Gasteiger partial charge in [-0.2, -0.15) is 0 Å². The third kappa shape index (κ3) is 9.94. The summed E-state index contributed by atoms with van der Waals surface area (Å²) >= 11 is 0. The van der Waals surface area contributed by atoms with Crippen molar-refractivity contribution in [3.63, 3.8) is 0 Å². The lowest BCUT2D eigenvalue weighted by molar-refractivity contribution is -0.260. The summed E-state index contributed by atoms with van der Waals surface area (Å²) in [4.78, 5) is 22.9. The summed E-state index contributed by atoms with van der Waals surface area (Å²) in [5.41, 5.74) is 0. The van der Waals surface area contributed by atoms with Crippen molar-refractivity contribution in [3.05, 3.63) is 0 Å². The topological polar surface area (TPSA) is 71.1 Å². The molecule has 2 saturated heterocycles. The van der Waals surface area contributed by atoms with Gasteiger partial charge in [0.25, 0.3) is 0 Å². The first-order valence-electron chi connectivity index (χ1n) is 13.6. The fourth-order valence-electron chi connectivity index (χ4n) is 5.25. The molecule has 2 aliphatic heterocycles. The Kier molecular flexibility index (Phi) is 13.4. The van der Waals surface area contributed by atoms with Crippen LogP contribution in [-0.2, 0) is 28.5 Å². The predicted molar refractivity (Wildman–Crippen MR) is 129 cm³/mol. The highest BCUT2D eigenvalue weighted by atomic mass is 16.8. The van der Waals surface area contributed by atoms with Gasteiger partial charge >= 0.3 is 11.9 Å². The first-order chi connectivity index (χ1) is 16.0. The van der Waals surface area contributed by atoms with Crippen LogP contribution >= 0.6 is 0 Å². The third-order valence-electron chi connectivity index (χ3n) is 7.10. The van der Waals surface area contributed by atoms with Crippen LogP contribution < -0.4 is 0 Å². The van der Waals surface area contributed by atoms with Gasteiger partial charge in [0.2, 0.25) is 5.79 Å². The third-order valence-corrected chi connectivity index (χ3v) is 7.10. The van der Waals surface area contributed by atoms with Gasteiger partial charge in [0.1, 0.15) is 0 Å². The molecule has 2 bridgehead atoms.